The van der Waals surface area contributed by atoms with E-state index in [9.17, 15) is 0 Å². The largest absolute Gasteiger partial charge is 0.420 e. The zero-order valence-electron chi connectivity index (χ0n) is 10.6. The van der Waals surface area contributed by atoms with Gasteiger partial charge in [0.1, 0.15) is 0 Å². The van der Waals surface area contributed by atoms with Gasteiger partial charge in [-0.3, -0.25) is 0 Å². The predicted octanol–water partition coefficient (Wildman–Crippen LogP) is 2.79. The molecule has 0 saturated heterocycles. The number of nitrogens with zero attached hydrogens (tertiary/aromatic N) is 2. The van der Waals surface area contributed by atoms with Gasteiger partial charge in [0, 0.05) is 16.5 Å². The van der Waals surface area contributed by atoms with Gasteiger partial charge in [0.15, 0.2) is 5.89 Å². The minimum atomic E-state index is -2.39. The molecule has 0 aliphatic heterocycles. The number of benzene rings is 1. The van der Waals surface area contributed by atoms with E-state index in [1.807, 2.05) is 30.3 Å². The first-order valence-electron chi connectivity index (χ1n) is 5.87. The van der Waals surface area contributed by atoms with Crippen LogP contribution in [0.3, 0.4) is 0 Å². The Labute approximate surface area is 89.8 Å². The van der Waals surface area contributed by atoms with E-state index in [-0.39, 0.29) is 17.3 Å². The van der Waals surface area contributed by atoms with Crippen LogP contribution in [0.5, 0.6) is 0 Å². The Kier molecular flexibility index (Phi) is 1.12. The number of hydrogen-bond acceptors (Lipinski definition) is 4. The van der Waals surface area contributed by atoms with Gasteiger partial charge in [0.2, 0.25) is 5.89 Å². The van der Waals surface area contributed by atoms with Crippen LogP contribution < -0.4 is 0 Å². The molecule has 0 fully saturated rings. The SMILES string of the molecule is [2H]C([2H])([2H])c1nc2oc(-c3ccccc3)nc2o1. The molecule has 4 nitrogen and oxygen atoms in total. The molecular weight excluding hydrogens is 192 g/mol. The van der Waals surface area contributed by atoms with Gasteiger partial charge in [-0.1, -0.05) is 18.2 Å². The molecule has 0 atom stereocenters. The van der Waals surface area contributed by atoms with Crippen molar-refractivity contribution >= 4 is 11.4 Å². The molecule has 3 rings (SSSR count). The highest BCUT2D eigenvalue weighted by Gasteiger charge is 2.12. The Bertz CT molecular complexity index is 654. The first-order chi connectivity index (χ1) is 8.54. The van der Waals surface area contributed by atoms with Gasteiger partial charge < -0.3 is 8.83 Å². The molecule has 0 aliphatic carbocycles. The van der Waals surface area contributed by atoms with Crippen LogP contribution in [0.4, 0.5) is 0 Å². The van der Waals surface area contributed by atoms with Crippen LogP contribution in [0, 0.1) is 6.85 Å². The van der Waals surface area contributed by atoms with E-state index in [1.54, 1.807) is 0 Å². The number of oxazole rings is 2. The highest BCUT2D eigenvalue weighted by Crippen LogP contribution is 2.23. The van der Waals surface area contributed by atoms with Gasteiger partial charge in [0.25, 0.3) is 11.4 Å². The lowest BCUT2D eigenvalue weighted by Gasteiger charge is -1.91. The van der Waals surface area contributed by atoms with Gasteiger partial charge in [-0.2, -0.15) is 9.97 Å². The molecule has 0 saturated carbocycles. The molecule has 4 heteroatoms. The molecule has 2 heterocycles. The third-order valence-corrected chi connectivity index (χ3v) is 2.00. The maximum absolute atomic E-state index is 7.17. The maximum Gasteiger partial charge on any atom is 0.288 e. The monoisotopic (exact) mass is 203 g/mol. The fourth-order valence-corrected chi connectivity index (χ4v) is 1.35. The molecule has 0 aliphatic rings. The Hall–Kier alpha value is -2.10. The molecular formula is C11H8N2O2. The van der Waals surface area contributed by atoms with E-state index < -0.39 is 6.85 Å². The highest BCUT2D eigenvalue weighted by atomic mass is 16.4. The van der Waals surface area contributed by atoms with Crippen LogP contribution in [-0.2, 0) is 0 Å². The second-order valence-corrected chi connectivity index (χ2v) is 3.01. The maximum atomic E-state index is 7.17. The van der Waals surface area contributed by atoms with Crippen molar-refractivity contribution in [2.45, 2.75) is 6.85 Å². The van der Waals surface area contributed by atoms with Gasteiger partial charge >= 0.3 is 0 Å². The zero-order chi connectivity index (χ0) is 12.8. The predicted molar refractivity (Wildman–Crippen MR) is 54.2 cm³/mol. The van der Waals surface area contributed by atoms with Crippen molar-refractivity contribution in [2.75, 3.05) is 0 Å². The molecule has 0 unspecified atom stereocenters. The fourth-order valence-electron chi connectivity index (χ4n) is 1.35. The second-order valence-electron chi connectivity index (χ2n) is 3.01. The second kappa shape index (κ2) is 2.95. The summed E-state index contributed by atoms with van der Waals surface area (Å²) in [5, 5.41) is 0. The summed E-state index contributed by atoms with van der Waals surface area (Å²) in [6.45, 7) is -2.39. The lowest BCUT2D eigenvalue weighted by atomic mass is 10.2. The molecule has 15 heavy (non-hydrogen) atoms. The number of aromatic nitrogens is 2. The Morgan fingerprint density at radius 1 is 1.07 bits per heavy atom. The normalized spacial score (nSPS) is 14.8. The summed E-state index contributed by atoms with van der Waals surface area (Å²) >= 11 is 0. The van der Waals surface area contributed by atoms with E-state index in [1.165, 1.54) is 0 Å². The molecule has 74 valence electrons. The van der Waals surface area contributed by atoms with Gasteiger partial charge in [0.05, 0.1) is 0 Å². The van der Waals surface area contributed by atoms with Crippen LogP contribution in [0.15, 0.2) is 39.2 Å². The van der Waals surface area contributed by atoms with Crippen LogP contribution >= 0.6 is 0 Å². The topological polar surface area (TPSA) is 52.1 Å². The van der Waals surface area contributed by atoms with Crippen molar-refractivity contribution in [1.29, 1.82) is 0 Å². The molecule has 1 aromatic carbocycles. The first kappa shape index (κ1) is 5.70. The summed E-state index contributed by atoms with van der Waals surface area (Å²) in [4.78, 5) is 7.84. The van der Waals surface area contributed by atoms with Gasteiger partial charge in [-0.05, 0) is 12.1 Å². The molecule has 3 aromatic rings. The summed E-state index contributed by atoms with van der Waals surface area (Å²) in [6, 6.07) is 9.23. The standard InChI is InChI=1S/C11H8N2O2/c1-7-12-10-11(14-7)13-9(15-10)8-5-3-2-4-6-8/h2-6H,1H3/i1D3. The summed E-state index contributed by atoms with van der Waals surface area (Å²) in [5.74, 6) is -0.00250. The lowest BCUT2D eigenvalue weighted by Crippen LogP contribution is -1.75. The van der Waals surface area contributed by atoms with Crippen molar-refractivity contribution in [3.63, 3.8) is 0 Å². The fraction of sp³-hybridized carbons (Fsp3) is 0.0909. The van der Waals surface area contributed by atoms with Crippen LogP contribution in [0.1, 0.15) is 10.0 Å². The number of fused-ring (bicyclic) bond motifs is 1. The molecule has 0 radical (unpaired) electrons. The molecule has 0 amide bonds. The average molecular weight is 203 g/mol. The minimum Gasteiger partial charge on any atom is -0.420 e. The molecule has 0 bridgehead atoms. The van der Waals surface area contributed by atoms with Gasteiger partial charge in [-0.15, -0.1) is 0 Å². The number of aryl methyl sites for hydroxylation is 1. The van der Waals surface area contributed by atoms with Crippen molar-refractivity contribution < 1.29 is 12.9 Å². The third kappa shape index (κ3) is 1.30. The molecule has 2 aromatic heterocycles. The number of hydrogen-bond donors (Lipinski definition) is 0. The Morgan fingerprint density at radius 3 is 2.60 bits per heavy atom. The van der Waals surface area contributed by atoms with E-state index in [0.717, 1.165) is 5.56 Å². The summed E-state index contributed by atoms with van der Waals surface area (Å²) in [6.07, 6.45) is 0. The minimum absolute atomic E-state index is 0.0972. The van der Waals surface area contributed by atoms with Crippen molar-refractivity contribution in [3.05, 3.63) is 36.2 Å². The van der Waals surface area contributed by atoms with Crippen molar-refractivity contribution in [2.24, 2.45) is 0 Å². The van der Waals surface area contributed by atoms with Crippen LogP contribution in [0.25, 0.3) is 22.9 Å². The van der Waals surface area contributed by atoms with Crippen LogP contribution in [0.2, 0.25) is 0 Å². The van der Waals surface area contributed by atoms with Gasteiger partial charge in [-0.25, -0.2) is 0 Å². The van der Waals surface area contributed by atoms with Crippen molar-refractivity contribution in [1.82, 2.24) is 9.97 Å². The van der Waals surface area contributed by atoms with Crippen LogP contribution in [-0.4, -0.2) is 9.97 Å². The molecule has 0 spiro atoms. The highest BCUT2D eigenvalue weighted by molar-refractivity contribution is 5.67. The van der Waals surface area contributed by atoms with E-state index >= 15 is 0 Å². The van der Waals surface area contributed by atoms with E-state index in [0.29, 0.717) is 5.89 Å². The van der Waals surface area contributed by atoms with E-state index in [4.69, 9.17) is 12.9 Å². The average Bonchev–Trinajstić information content (AvgIpc) is 2.86. The zero-order valence-corrected chi connectivity index (χ0v) is 7.60. The number of rotatable bonds is 1. The smallest absolute Gasteiger partial charge is 0.288 e. The van der Waals surface area contributed by atoms with E-state index in [2.05, 4.69) is 9.97 Å². The molecule has 0 N–H and O–H groups in total. The first-order valence-corrected chi connectivity index (χ1v) is 4.37. The Balaban J connectivity index is 2.07. The summed E-state index contributed by atoms with van der Waals surface area (Å²) < 4.78 is 31.9. The quantitative estimate of drug-likeness (QED) is 0.610. The van der Waals surface area contributed by atoms with Crippen molar-refractivity contribution in [3.8, 4) is 11.5 Å². The lowest BCUT2D eigenvalue weighted by molar-refractivity contribution is 0.548. The Morgan fingerprint density at radius 2 is 1.87 bits per heavy atom. The third-order valence-electron chi connectivity index (χ3n) is 2.00. The summed E-state index contributed by atoms with van der Waals surface area (Å²) in [5.41, 5.74) is 0.973. The summed E-state index contributed by atoms with van der Waals surface area (Å²) in [7, 11) is 0.